The molecule has 0 aliphatic heterocycles. The maximum atomic E-state index is 13.1. The van der Waals surface area contributed by atoms with Crippen LogP contribution in [0.25, 0.3) is 16.3 Å². The quantitative estimate of drug-likeness (QED) is 0.552. The first kappa shape index (κ1) is 18.3. The molecule has 0 unspecified atom stereocenters. The number of nitrogens with zero attached hydrogens (tertiary/aromatic N) is 3. The lowest BCUT2D eigenvalue weighted by Crippen LogP contribution is -2.26. The second kappa shape index (κ2) is 7.52. The Morgan fingerprint density at radius 1 is 1.14 bits per heavy atom. The number of hydrogen-bond donors (Lipinski definition) is 1. The third-order valence-electron chi connectivity index (χ3n) is 4.40. The summed E-state index contributed by atoms with van der Waals surface area (Å²) in [6.45, 7) is 4.47. The van der Waals surface area contributed by atoms with Crippen LogP contribution in [0.3, 0.4) is 0 Å². The van der Waals surface area contributed by atoms with Gasteiger partial charge in [-0.2, -0.15) is 4.98 Å². The summed E-state index contributed by atoms with van der Waals surface area (Å²) >= 11 is 1.49. The Morgan fingerprint density at radius 2 is 1.86 bits per heavy atom. The molecule has 0 spiro atoms. The lowest BCUT2D eigenvalue weighted by Gasteiger charge is -2.06. The Balaban J connectivity index is 1.45. The number of halogens is 1. The van der Waals surface area contributed by atoms with Gasteiger partial charge >= 0.3 is 0 Å². The summed E-state index contributed by atoms with van der Waals surface area (Å²) in [7, 11) is 0. The van der Waals surface area contributed by atoms with Gasteiger partial charge in [-0.3, -0.25) is 4.79 Å². The smallest absolute Gasteiger partial charge is 0.251 e. The zero-order valence-corrected chi connectivity index (χ0v) is 16.4. The first-order valence-electron chi connectivity index (χ1n) is 8.95. The molecule has 0 saturated carbocycles. The molecule has 2 aromatic heterocycles. The van der Waals surface area contributed by atoms with Gasteiger partial charge in [0.15, 0.2) is 5.82 Å². The van der Waals surface area contributed by atoms with E-state index in [0.717, 1.165) is 27.3 Å². The molecule has 0 aliphatic carbocycles. The van der Waals surface area contributed by atoms with Gasteiger partial charge in [-0.15, -0.1) is 16.4 Å². The fourth-order valence-corrected chi connectivity index (χ4v) is 3.99. The van der Waals surface area contributed by atoms with Crippen molar-refractivity contribution in [1.82, 2.24) is 19.9 Å². The van der Waals surface area contributed by atoms with Crippen LogP contribution in [0.4, 0.5) is 4.39 Å². The van der Waals surface area contributed by atoms with Crippen molar-refractivity contribution in [1.29, 1.82) is 0 Å². The number of fused-ring (bicyclic) bond motifs is 1. The highest BCUT2D eigenvalue weighted by molar-refractivity contribution is 7.15. The molecule has 5 nitrogen and oxygen atoms in total. The van der Waals surface area contributed by atoms with E-state index in [4.69, 9.17) is 0 Å². The topological polar surface area (TPSA) is 59.3 Å². The fraction of sp³-hybridized carbons (Fsp3) is 0.190. The third kappa shape index (κ3) is 3.80. The van der Waals surface area contributed by atoms with E-state index in [1.807, 2.05) is 37.4 Å². The van der Waals surface area contributed by atoms with Crippen LogP contribution in [0.1, 0.15) is 27.2 Å². The van der Waals surface area contributed by atoms with Crippen molar-refractivity contribution in [3.8, 4) is 11.4 Å². The molecule has 4 rings (SSSR count). The van der Waals surface area contributed by atoms with Crippen LogP contribution in [0.5, 0.6) is 0 Å². The number of rotatable bonds is 5. The van der Waals surface area contributed by atoms with Crippen molar-refractivity contribution in [2.45, 2.75) is 20.3 Å². The number of hydrogen-bond acceptors (Lipinski definition) is 4. The minimum absolute atomic E-state index is 0.0798. The molecule has 1 N–H and O–H groups in total. The second-order valence-electron chi connectivity index (χ2n) is 6.75. The molecule has 0 saturated heterocycles. The molecular weight excluding hydrogens is 375 g/mol. The number of carbonyl (C=O) groups excluding carboxylic acids is 1. The molecule has 4 aromatic rings. The average molecular weight is 394 g/mol. The van der Waals surface area contributed by atoms with E-state index in [2.05, 4.69) is 15.4 Å². The van der Waals surface area contributed by atoms with Crippen LogP contribution >= 0.6 is 11.3 Å². The predicted molar refractivity (Wildman–Crippen MR) is 108 cm³/mol. The van der Waals surface area contributed by atoms with Crippen molar-refractivity contribution in [2.75, 3.05) is 6.54 Å². The summed E-state index contributed by atoms with van der Waals surface area (Å²) in [6, 6.07) is 11.9. The van der Waals surface area contributed by atoms with Crippen molar-refractivity contribution < 1.29 is 9.18 Å². The van der Waals surface area contributed by atoms with Crippen LogP contribution in [0.15, 0.2) is 47.8 Å². The largest absolute Gasteiger partial charge is 0.352 e. The fourth-order valence-electron chi connectivity index (χ4n) is 3.13. The van der Waals surface area contributed by atoms with Crippen LogP contribution < -0.4 is 5.32 Å². The van der Waals surface area contributed by atoms with Crippen LogP contribution in [-0.2, 0) is 6.42 Å². The van der Waals surface area contributed by atoms with Crippen LogP contribution in [0.2, 0.25) is 0 Å². The Bertz CT molecular complexity index is 1130. The molecule has 0 atom stereocenters. The zero-order chi connectivity index (χ0) is 19.7. The minimum atomic E-state index is -0.287. The number of aromatic nitrogens is 3. The first-order chi connectivity index (χ1) is 13.5. The van der Waals surface area contributed by atoms with Gasteiger partial charge in [0.25, 0.3) is 5.91 Å². The Kier molecular flexibility index (Phi) is 4.92. The predicted octanol–water partition coefficient (Wildman–Crippen LogP) is 4.19. The van der Waals surface area contributed by atoms with Gasteiger partial charge in [-0.05, 0) is 50.2 Å². The van der Waals surface area contributed by atoms with Gasteiger partial charge in [-0.1, -0.05) is 17.2 Å². The Labute approximate surface area is 165 Å². The molecular formula is C21H19FN4OS. The maximum absolute atomic E-state index is 13.1. The highest BCUT2D eigenvalue weighted by atomic mass is 32.1. The summed E-state index contributed by atoms with van der Waals surface area (Å²) in [4.78, 5) is 17.7. The molecule has 0 bridgehead atoms. The lowest BCUT2D eigenvalue weighted by molar-refractivity contribution is 0.0954. The number of thiazole rings is 1. The molecule has 2 heterocycles. The van der Waals surface area contributed by atoms with Crippen molar-refractivity contribution in [3.63, 3.8) is 0 Å². The SMILES string of the molecule is Cc1cc(C)cc(C(=O)NCCc2csc3nc(-c4ccc(F)cc4)nn23)c1. The summed E-state index contributed by atoms with van der Waals surface area (Å²) in [5.41, 5.74) is 4.56. The summed E-state index contributed by atoms with van der Waals surface area (Å²) in [6.07, 6.45) is 0.642. The molecule has 7 heteroatoms. The number of benzene rings is 2. The van der Waals surface area contributed by atoms with E-state index in [-0.39, 0.29) is 11.7 Å². The number of aryl methyl sites for hydroxylation is 2. The zero-order valence-electron chi connectivity index (χ0n) is 15.6. The van der Waals surface area contributed by atoms with E-state index in [1.165, 1.54) is 23.5 Å². The van der Waals surface area contributed by atoms with Crippen LogP contribution in [0, 0.1) is 19.7 Å². The number of amides is 1. The summed E-state index contributed by atoms with van der Waals surface area (Å²) < 4.78 is 14.9. The highest BCUT2D eigenvalue weighted by Crippen LogP contribution is 2.21. The Morgan fingerprint density at radius 3 is 2.57 bits per heavy atom. The number of carbonyl (C=O) groups is 1. The van der Waals surface area contributed by atoms with Crippen molar-refractivity contribution in [3.05, 3.63) is 76.0 Å². The monoisotopic (exact) mass is 394 g/mol. The van der Waals surface area contributed by atoms with E-state index in [0.29, 0.717) is 24.4 Å². The van der Waals surface area contributed by atoms with Crippen molar-refractivity contribution >= 4 is 22.2 Å². The molecule has 1 amide bonds. The summed E-state index contributed by atoms with van der Waals surface area (Å²) in [5, 5.41) is 9.49. The van der Waals surface area contributed by atoms with Gasteiger partial charge in [0.2, 0.25) is 4.96 Å². The van der Waals surface area contributed by atoms with E-state index >= 15 is 0 Å². The highest BCUT2D eigenvalue weighted by Gasteiger charge is 2.12. The molecule has 0 fully saturated rings. The summed E-state index contributed by atoms with van der Waals surface area (Å²) in [5.74, 6) is 0.196. The first-order valence-corrected chi connectivity index (χ1v) is 9.83. The Hall–Kier alpha value is -3.06. The van der Waals surface area contributed by atoms with E-state index < -0.39 is 0 Å². The van der Waals surface area contributed by atoms with Gasteiger partial charge in [0, 0.05) is 29.5 Å². The number of nitrogens with one attached hydrogen (secondary N) is 1. The standard InChI is InChI=1S/C21H19FN4OS/c1-13-9-14(2)11-16(10-13)20(27)23-8-7-18-12-28-21-24-19(25-26(18)21)15-3-5-17(22)6-4-15/h3-6,9-12H,7-8H2,1-2H3,(H,23,27). The van der Waals surface area contributed by atoms with Gasteiger partial charge in [0.05, 0.1) is 5.69 Å². The average Bonchev–Trinajstić information content (AvgIpc) is 3.23. The van der Waals surface area contributed by atoms with Gasteiger partial charge < -0.3 is 5.32 Å². The molecule has 2 aromatic carbocycles. The van der Waals surface area contributed by atoms with Gasteiger partial charge in [0.1, 0.15) is 5.82 Å². The van der Waals surface area contributed by atoms with E-state index in [1.54, 1.807) is 16.6 Å². The molecule has 0 aliphatic rings. The van der Waals surface area contributed by atoms with E-state index in [9.17, 15) is 9.18 Å². The van der Waals surface area contributed by atoms with Crippen LogP contribution in [-0.4, -0.2) is 27.0 Å². The molecule has 142 valence electrons. The molecule has 28 heavy (non-hydrogen) atoms. The van der Waals surface area contributed by atoms with Crippen molar-refractivity contribution in [2.24, 2.45) is 0 Å². The van der Waals surface area contributed by atoms with Gasteiger partial charge in [-0.25, -0.2) is 8.91 Å². The normalized spacial score (nSPS) is 11.1. The lowest BCUT2D eigenvalue weighted by atomic mass is 10.1. The maximum Gasteiger partial charge on any atom is 0.251 e. The second-order valence-corrected chi connectivity index (χ2v) is 7.58. The molecule has 0 radical (unpaired) electrons. The third-order valence-corrected chi connectivity index (χ3v) is 5.27. The minimum Gasteiger partial charge on any atom is -0.352 e.